The zero-order valence-corrected chi connectivity index (χ0v) is 11.9. The average molecular weight is 310 g/mol. The molecule has 1 N–H and O–H groups in total. The Balaban J connectivity index is 1.86. The fourth-order valence-corrected chi connectivity index (χ4v) is 1.76. The SMILES string of the molecule is CCCCn1nnc(NCc2ccc(Br)cc2)n1. The van der Waals surface area contributed by atoms with E-state index in [0.717, 1.165) is 23.9 Å². The lowest BCUT2D eigenvalue weighted by molar-refractivity contribution is 0.496. The van der Waals surface area contributed by atoms with Crippen molar-refractivity contribution in [1.29, 1.82) is 0 Å². The normalized spacial score (nSPS) is 10.6. The number of benzene rings is 1. The topological polar surface area (TPSA) is 55.6 Å². The van der Waals surface area contributed by atoms with Gasteiger partial charge in [0.1, 0.15) is 0 Å². The molecule has 96 valence electrons. The summed E-state index contributed by atoms with van der Waals surface area (Å²) in [6, 6.07) is 8.14. The Kier molecular flexibility index (Phi) is 4.69. The Morgan fingerprint density at radius 2 is 2.06 bits per heavy atom. The Morgan fingerprint density at radius 3 is 2.78 bits per heavy atom. The number of hydrogen-bond donors (Lipinski definition) is 1. The first-order valence-electron chi connectivity index (χ1n) is 6.04. The molecule has 1 aromatic heterocycles. The van der Waals surface area contributed by atoms with E-state index >= 15 is 0 Å². The summed E-state index contributed by atoms with van der Waals surface area (Å²) in [5, 5.41) is 15.4. The monoisotopic (exact) mass is 309 g/mol. The number of rotatable bonds is 6. The lowest BCUT2D eigenvalue weighted by atomic mass is 10.2. The lowest BCUT2D eigenvalue weighted by Crippen LogP contribution is -2.04. The van der Waals surface area contributed by atoms with E-state index in [1.807, 2.05) is 12.1 Å². The molecule has 2 rings (SSSR count). The van der Waals surface area contributed by atoms with Crippen LogP contribution in [0.25, 0.3) is 0 Å². The summed E-state index contributed by atoms with van der Waals surface area (Å²) in [6.45, 7) is 3.67. The van der Waals surface area contributed by atoms with Crippen LogP contribution in [0.1, 0.15) is 25.3 Å². The molecule has 0 amide bonds. The second-order valence-corrected chi connectivity index (χ2v) is 4.96. The van der Waals surface area contributed by atoms with E-state index in [0.29, 0.717) is 12.5 Å². The van der Waals surface area contributed by atoms with Gasteiger partial charge >= 0.3 is 0 Å². The molecule has 6 heteroatoms. The third-order valence-corrected chi connectivity index (χ3v) is 3.06. The molecule has 0 fully saturated rings. The zero-order valence-electron chi connectivity index (χ0n) is 10.3. The predicted octanol–water partition coefficient (Wildman–Crippen LogP) is 2.85. The van der Waals surface area contributed by atoms with Crippen LogP contribution in [0, 0.1) is 0 Å². The standard InChI is InChI=1S/C12H16BrN5/c1-2-3-8-18-16-12(15-17-18)14-9-10-4-6-11(13)7-5-10/h4-7H,2-3,8-9H2,1H3,(H,14,16). The molecule has 0 atom stereocenters. The van der Waals surface area contributed by atoms with E-state index in [-0.39, 0.29) is 0 Å². The van der Waals surface area contributed by atoms with E-state index in [4.69, 9.17) is 0 Å². The molecule has 0 bridgehead atoms. The first kappa shape index (κ1) is 13.0. The minimum absolute atomic E-state index is 0.578. The number of nitrogens with zero attached hydrogens (tertiary/aromatic N) is 4. The first-order chi connectivity index (χ1) is 8.78. The summed E-state index contributed by atoms with van der Waals surface area (Å²) in [7, 11) is 0. The summed E-state index contributed by atoms with van der Waals surface area (Å²) < 4.78 is 1.08. The summed E-state index contributed by atoms with van der Waals surface area (Å²) in [5.74, 6) is 0.578. The van der Waals surface area contributed by atoms with Crippen LogP contribution in [0.4, 0.5) is 5.95 Å². The lowest BCUT2D eigenvalue weighted by Gasteiger charge is -2.01. The number of nitrogens with one attached hydrogen (secondary N) is 1. The third-order valence-electron chi connectivity index (χ3n) is 2.53. The van der Waals surface area contributed by atoms with Crippen molar-refractivity contribution in [2.75, 3.05) is 5.32 Å². The summed E-state index contributed by atoms with van der Waals surface area (Å²) in [4.78, 5) is 1.63. The number of halogens is 1. The van der Waals surface area contributed by atoms with E-state index in [2.05, 4.69) is 55.7 Å². The summed E-state index contributed by atoms with van der Waals surface area (Å²) in [5.41, 5.74) is 1.18. The smallest absolute Gasteiger partial charge is 0.263 e. The van der Waals surface area contributed by atoms with Crippen LogP contribution in [0.15, 0.2) is 28.7 Å². The number of aromatic nitrogens is 4. The van der Waals surface area contributed by atoms with E-state index in [9.17, 15) is 0 Å². The number of hydrogen-bond acceptors (Lipinski definition) is 4. The van der Waals surface area contributed by atoms with Gasteiger partial charge in [0.15, 0.2) is 0 Å². The summed E-state index contributed by atoms with van der Waals surface area (Å²) >= 11 is 3.41. The van der Waals surface area contributed by atoms with E-state index in [1.165, 1.54) is 5.56 Å². The van der Waals surface area contributed by atoms with Gasteiger partial charge in [0.05, 0.1) is 6.54 Å². The maximum Gasteiger partial charge on any atom is 0.263 e. The van der Waals surface area contributed by atoms with E-state index in [1.54, 1.807) is 4.80 Å². The van der Waals surface area contributed by atoms with Crippen molar-refractivity contribution in [2.45, 2.75) is 32.9 Å². The van der Waals surface area contributed by atoms with Crippen molar-refractivity contribution < 1.29 is 0 Å². The highest BCUT2D eigenvalue weighted by atomic mass is 79.9. The number of tetrazole rings is 1. The van der Waals surface area contributed by atoms with Crippen LogP contribution in [0.3, 0.4) is 0 Å². The van der Waals surface area contributed by atoms with E-state index < -0.39 is 0 Å². The molecule has 0 aliphatic rings. The molecule has 1 heterocycles. The van der Waals surface area contributed by atoms with Gasteiger partial charge in [-0.3, -0.25) is 0 Å². The second kappa shape index (κ2) is 6.49. The van der Waals surface area contributed by atoms with Crippen LogP contribution in [-0.4, -0.2) is 20.2 Å². The van der Waals surface area contributed by atoms with Crippen molar-refractivity contribution in [3.05, 3.63) is 34.3 Å². The second-order valence-electron chi connectivity index (χ2n) is 4.04. The first-order valence-corrected chi connectivity index (χ1v) is 6.83. The Hall–Kier alpha value is -1.43. The molecule has 0 unspecified atom stereocenters. The molecular formula is C12H16BrN5. The number of aryl methyl sites for hydroxylation is 1. The van der Waals surface area contributed by atoms with Crippen LogP contribution in [0.2, 0.25) is 0 Å². The fourth-order valence-electron chi connectivity index (χ4n) is 1.49. The van der Waals surface area contributed by atoms with Crippen molar-refractivity contribution in [3.8, 4) is 0 Å². The molecular weight excluding hydrogens is 294 g/mol. The summed E-state index contributed by atoms with van der Waals surface area (Å²) in [6.07, 6.45) is 2.20. The predicted molar refractivity (Wildman–Crippen MR) is 74.2 cm³/mol. The van der Waals surface area contributed by atoms with Crippen LogP contribution < -0.4 is 5.32 Å². The van der Waals surface area contributed by atoms with Gasteiger partial charge in [-0.25, -0.2) is 0 Å². The minimum Gasteiger partial charge on any atom is -0.348 e. The van der Waals surface area contributed by atoms with Gasteiger partial charge in [-0.15, -0.1) is 5.10 Å². The Morgan fingerprint density at radius 1 is 1.28 bits per heavy atom. The van der Waals surface area contributed by atoms with Crippen molar-refractivity contribution >= 4 is 21.9 Å². The van der Waals surface area contributed by atoms with Crippen molar-refractivity contribution in [2.24, 2.45) is 0 Å². The Labute approximate surface area is 115 Å². The maximum absolute atomic E-state index is 4.25. The van der Waals surface area contributed by atoms with Crippen LogP contribution >= 0.6 is 15.9 Å². The van der Waals surface area contributed by atoms with Gasteiger partial charge in [0.2, 0.25) is 0 Å². The maximum atomic E-state index is 4.25. The average Bonchev–Trinajstić information content (AvgIpc) is 2.84. The van der Waals surface area contributed by atoms with Gasteiger partial charge in [-0.2, -0.15) is 4.80 Å². The van der Waals surface area contributed by atoms with Crippen LogP contribution in [0.5, 0.6) is 0 Å². The molecule has 0 aliphatic heterocycles. The van der Waals surface area contributed by atoms with Gasteiger partial charge < -0.3 is 5.32 Å². The van der Waals surface area contributed by atoms with Crippen LogP contribution in [-0.2, 0) is 13.1 Å². The van der Waals surface area contributed by atoms with Gasteiger partial charge in [0.25, 0.3) is 5.95 Å². The molecule has 5 nitrogen and oxygen atoms in total. The molecule has 0 radical (unpaired) electrons. The highest BCUT2D eigenvalue weighted by Gasteiger charge is 2.01. The highest BCUT2D eigenvalue weighted by Crippen LogP contribution is 2.11. The molecule has 0 saturated heterocycles. The Bertz CT molecular complexity index is 479. The van der Waals surface area contributed by atoms with Crippen molar-refractivity contribution in [3.63, 3.8) is 0 Å². The molecule has 18 heavy (non-hydrogen) atoms. The van der Waals surface area contributed by atoms with Gasteiger partial charge in [0, 0.05) is 11.0 Å². The minimum atomic E-state index is 0.578. The van der Waals surface area contributed by atoms with Gasteiger partial charge in [-0.05, 0) is 29.3 Å². The molecule has 0 spiro atoms. The molecule has 1 aromatic carbocycles. The number of anilines is 1. The highest BCUT2D eigenvalue weighted by molar-refractivity contribution is 9.10. The quantitative estimate of drug-likeness (QED) is 0.891. The number of unbranched alkanes of at least 4 members (excludes halogenated alkanes) is 1. The third kappa shape index (κ3) is 3.80. The largest absolute Gasteiger partial charge is 0.348 e. The zero-order chi connectivity index (χ0) is 12.8. The molecule has 2 aromatic rings. The van der Waals surface area contributed by atoms with Gasteiger partial charge in [-0.1, -0.05) is 46.5 Å². The molecule has 0 aliphatic carbocycles. The fraction of sp³-hybridized carbons (Fsp3) is 0.417. The van der Waals surface area contributed by atoms with Crippen molar-refractivity contribution in [1.82, 2.24) is 20.2 Å². The molecule has 0 saturated carbocycles.